The van der Waals surface area contributed by atoms with Gasteiger partial charge in [-0.3, -0.25) is 4.57 Å². The highest BCUT2D eigenvalue weighted by molar-refractivity contribution is 7.89. The van der Waals surface area contributed by atoms with Crippen LogP contribution in [0.5, 0.6) is 5.75 Å². The number of hydrogen-bond acceptors (Lipinski definition) is 5. The van der Waals surface area contributed by atoms with Crippen LogP contribution in [0.4, 0.5) is 4.79 Å². The largest absolute Gasteiger partial charge is 0.426 e. The Hall–Kier alpha value is -3.13. The Labute approximate surface area is 138 Å². The second kappa shape index (κ2) is 6.55. The number of carbonyl (C=O) groups is 1. The van der Waals surface area contributed by atoms with E-state index in [9.17, 15) is 13.2 Å². The van der Waals surface area contributed by atoms with E-state index in [0.717, 1.165) is 0 Å². The number of nitrogens with one attached hydrogen (secondary N) is 1. The van der Waals surface area contributed by atoms with E-state index in [-0.39, 0.29) is 10.9 Å². The lowest BCUT2D eigenvalue weighted by Gasteiger charge is -2.09. The first-order valence-corrected chi connectivity index (χ1v) is 8.43. The van der Waals surface area contributed by atoms with Crippen LogP contribution in [-0.2, 0) is 10.0 Å². The summed E-state index contributed by atoms with van der Waals surface area (Å²) in [6.45, 7) is 0. The highest BCUT2D eigenvalue weighted by Gasteiger charge is 2.24. The molecule has 1 aromatic heterocycles. The molecule has 0 aliphatic heterocycles. The molecule has 0 unspecified atom stereocenters. The van der Waals surface area contributed by atoms with Gasteiger partial charge in [0, 0.05) is 18.1 Å². The maximum atomic E-state index is 12.4. The van der Waals surface area contributed by atoms with Gasteiger partial charge in [-0.25, -0.2) is 14.5 Å². The first-order chi connectivity index (χ1) is 11.6. The minimum absolute atomic E-state index is 0.233. The third kappa shape index (κ3) is 3.44. The van der Waals surface area contributed by atoms with Crippen molar-refractivity contribution >= 4 is 16.1 Å². The van der Waals surface area contributed by atoms with Gasteiger partial charge in [-0.2, -0.15) is 8.42 Å². The number of amides is 1. The minimum atomic E-state index is -4.19. The average molecular weight is 343 g/mol. The molecule has 8 heteroatoms. The topological polar surface area (TPSA) is 90.3 Å². The third-order valence-electron chi connectivity index (χ3n) is 3.05. The van der Waals surface area contributed by atoms with Gasteiger partial charge in [0.1, 0.15) is 5.75 Å². The summed E-state index contributed by atoms with van der Waals surface area (Å²) in [4.78, 5) is 15.7. The molecular formula is C16H13N3O4S. The number of aromatic nitrogens is 2. The van der Waals surface area contributed by atoms with Crippen molar-refractivity contribution in [2.45, 2.75) is 5.16 Å². The van der Waals surface area contributed by atoms with Gasteiger partial charge in [0.25, 0.3) is 5.16 Å². The molecule has 7 nitrogen and oxygen atoms in total. The fourth-order valence-corrected chi connectivity index (χ4v) is 3.02. The zero-order valence-electron chi connectivity index (χ0n) is 12.4. The van der Waals surface area contributed by atoms with Gasteiger partial charge in [-0.15, -0.1) is 0 Å². The summed E-state index contributed by atoms with van der Waals surface area (Å²) in [5, 5.41) is -0.307. The van der Waals surface area contributed by atoms with E-state index in [0.29, 0.717) is 5.69 Å². The molecular weight excluding hydrogens is 330 g/mol. The van der Waals surface area contributed by atoms with E-state index < -0.39 is 16.1 Å². The van der Waals surface area contributed by atoms with E-state index >= 15 is 0 Å². The van der Waals surface area contributed by atoms with Gasteiger partial charge in [0.05, 0.1) is 0 Å². The maximum absolute atomic E-state index is 12.4. The lowest BCUT2D eigenvalue weighted by atomic mass is 10.3. The van der Waals surface area contributed by atoms with Gasteiger partial charge in [0.2, 0.25) is 0 Å². The molecule has 0 radical (unpaired) electrons. The highest BCUT2D eigenvalue weighted by Crippen LogP contribution is 2.15. The summed E-state index contributed by atoms with van der Waals surface area (Å²) in [5.41, 5.74) is 0.604. The second-order valence-electron chi connectivity index (χ2n) is 4.72. The zero-order chi connectivity index (χ0) is 17.0. The molecule has 0 bridgehead atoms. The van der Waals surface area contributed by atoms with Crippen molar-refractivity contribution in [2.24, 2.45) is 0 Å². The summed E-state index contributed by atoms with van der Waals surface area (Å²) in [6, 6.07) is 17.0. The fourth-order valence-electron chi connectivity index (χ4n) is 2.05. The Morgan fingerprint density at radius 1 is 1.00 bits per heavy atom. The Morgan fingerprint density at radius 2 is 1.62 bits per heavy atom. The van der Waals surface area contributed by atoms with Crippen LogP contribution in [0.25, 0.3) is 5.69 Å². The maximum Gasteiger partial charge on any atom is 0.426 e. The van der Waals surface area contributed by atoms with Crippen LogP contribution in [0.2, 0.25) is 0 Å². The van der Waals surface area contributed by atoms with E-state index in [1.54, 1.807) is 42.5 Å². The normalized spacial score (nSPS) is 11.0. The Morgan fingerprint density at radius 3 is 2.29 bits per heavy atom. The molecule has 24 heavy (non-hydrogen) atoms. The molecule has 0 spiro atoms. The summed E-state index contributed by atoms with van der Waals surface area (Å²) in [5.74, 6) is 0.233. The summed E-state index contributed by atoms with van der Waals surface area (Å²) < 4.78 is 32.9. The predicted octanol–water partition coefficient (Wildman–Crippen LogP) is 2.35. The molecule has 0 aliphatic carbocycles. The van der Waals surface area contributed by atoms with E-state index in [2.05, 4.69) is 4.98 Å². The molecule has 1 amide bonds. The molecule has 1 heterocycles. The molecule has 2 aromatic carbocycles. The molecule has 0 aliphatic rings. The zero-order valence-corrected chi connectivity index (χ0v) is 13.2. The molecule has 122 valence electrons. The van der Waals surface area contributed by atoms with Crippen molar-refractivity contribution in [3.05, 3.63) is 73.1 Å². The van der Waals surface area contributed by atoms with Gasteiger partial charge in [-0.1, -0.05) is 36.4 Å². The van der Waals surface area contributed by atoms with Gasteiger partial charge < -0.3 is 4.74 Å². The molecule has 0 saturated heterocycles. The average Bonchev–Trinajstić information content (AvgIpc) is 3.06. The lowest BCUT2D eigenvalue weighted by Crippen LogP contribution is -2.34. The van der Waals surface area contributed by atoms with Crippen LogP contribution < -0.4 is 9.46 Å². The van der Waals surface area contributed by atoms with Crippen LogP contribution in [0, 0.1) is 0 Å². The van der Waals surface area contributed by atoms with Crippen molar-refractivity contribution < 1.29 is 17.9 Å². The van der Waals surface area contributed by atoms with Crippen molar-refractivity contribution in [1.29, 1.82) is 0 Å². The van der Waals surface area contributed by atoms with Crippen molar-refractivity contribution in [3.8, 4) is 11.4 Å². The fraction of sp³-hybridized carbons (Fsp3) is 0. The van der Waals surface area contributed by atoms with Crippen LogP contribution in [0.3, 0.4) is 0 Å². The Kier molecular flexibility index (Phi) is 4.30. The standard InChI is InChI=1S/C16H13N3O4S/c20-16(23-14-9-5-2-6-10-14)18-24(21,22)15-17-11-12-19(15)13-7-3-1-4-8-13/h1-12H,(H,18,20). The van der Waals surface area contributed by atoms with Crippen LogP contribution >= 0.6 is 0 Å². The summed E-state index contributed by atoms with van der Waals surface area (Å²) in [6.07, 6.45) is 1.72. The predicted molar refractivity (Wildman–Crippen MR) is 86.4 cm³/mol. The van der Waals surface area contributed by atoms with Crippen molar-refractivity contribution in [3.63, 3.8) is 0 Å². The molecule has 0 atom stereocenters. The van der Waals surface area contributed by atoms with Crippen molar-refractivity contribution in [1.82, 2.24) is 14.3 Å². The molecule has 1 N–H and O–H groups in total. The van der Waals surface area contributed by atoms with Gasteiger partial charge >= 0.3 is 16.1 Å². The Balaban J connectivity index is 1.82. The SMILES string of the molecule is O=C(NS(=O)(=O)c1nccn1-c1ccccc1)Oc1ccccc1. The molecule has 0 fully saturated rings. The number of para-hydroxylation sites is 2. The second-order valence-corrected chi connectivity index (χ2v) is 6.30. The Bertz CT molecular complexity index is 938. The van der Waals surface area contributed by atoms with Gasteiger partial charge in [0.15, 0.2) is 0 Å². The number of carbonyl (C=O) groups excluding carboxylic acids is 1. The number of sulfonamides is 1. The minimum Gasteiger partial charge on any atom is -0.410 e. The molecule has 3 rings (SSSR count). The molecule has 0 saturated carbocycles. The van der Waals surface area contributed by atoms with Gasteiger partial charge in [-0.05, 0) is 24.3 Å². The van der Waals surface area contributed by atoms with Crippen LogP contribution in [-0.4, -0.2) is 24.1 Å². The van der Waals surface area contributed by atoms with Crippen molar-refractivity contribution in [2.75, 3.05) is 0 Å². The monoisotopic (exact) mass is 343 g/mol. The van der Waals surface area contributed by atoms with E-state index in [4.69, 9.17) is 4.74 Å². The number of nitrogens with zero attached hydrogens (tertiary/aromatic N) is 2. The summed E-state index contributed by atoms with van der Waals surface area (Å²) >= 11 is 0. The first kappa shape index (κ1) is 15.8. The number of ether oxygens (including phenoxy) is 1. The van der Waals surface area contributed by atoms with E-state index in [1.165, 1.54) is 29.1 Å². The number of imidazole rings is 1. The quantitative estimate of drug-likeness (QED) is 0.785. The smallest absolute Gasteiger partial charge is 0.410 e. The molecule has 3 aromatic rings. The van der Waals surface area contributed by atoms with E-state index in [1.807, 2.05) is 10.8 Å². The number of hydrogen-bond donors (Lipinski definition) is 1. The van der Waals surface area contributed by atoms with Crippen LogP contribution in [0.15, 0.2) is 78.2 Å². The lowest BCUT2D eigenvalue weighted by molar-refractivity contribution is 0.206. The number of rotatable bonds is 4. The third-order valence-corrected chi connectivity index (χ3v) is 4.27. The number of benzene rings is 2. The first-order valence-electron chi connectivity index (χ1n) is 6.95. The summed E-state index contributed by atoms with van der Waals surface area (Å²) in [7, 11) is -4.19. The van der Waals surface area contributed by atoms with Crippen LogP contribution in [0.1, 0.15) is 0 Å². The highest BCUT2D eigenvalue weighted by atomic mass is 32.2.